The Hall–Kier alpha value is -4.02. The summed E-state index contributed by atoms with van der Waals surface area (Å²) >= 11 is 6.51. The summed E-state index contributed by atoms with van der Waals surface area (Å²) in [6, 6.07) is 13.9. The van der Waals surface area contributed by atoms with Crippen LogP contribution in [0.5, 0.6) is 0 Å². The van der Waals surface area contributed by atoms with E-state index in [9.17, 15) is 9.59 Å². The number of amides is 3. The number of fused-ring (bicyclic) bond motifs is 4. The van der Waals surface area contributed by atoms with E-state index in [1.807, 2.05) is 71.9 Å². The number of piperazine rings is 1. The molecule has 1 fully saturated rings. The lowest BCUT2D eigenvalue weighted by atomic mass is 10.0. The van der Waals surface area contributed by atoms with Gasteiger partial charge in [-0.25, -0.2) is 14.6 Å². The molecule has 2 aliphatic heterocycles. The van der Waals surface area contributed by atoms with Crippen molar-refractivity contribution in [3.05, 3.63) is 77.4 Å². The molecule has 46 heavy (non-hydrogen) atoms. The number of anilines is 3. The summed E-state index contributed by atoms with van der Waals surface area (Å²) in [6.07, 6.45) is 4.62. The standard InChI is InChI=1S/C32H44ClN7O3.C3H6/c1-6-27(33)29-36-22(2)35-25-9-7-8-23(20-25)10-11-24-21-26(37-29)12-13-28(24)38-30(41)34-14-15-39-16-18-40(19-17-39)31(42)43-32(3,4)5;1-3-2/h6-9,12-13,20-22,35H,10-11,14-19H2,1-5H3,(H,36,37)(H2,34,38,41);3H,1H2,2H3/b27-6+;. The summed E-state index contributed by atoms with van der Waals surface area (Å²) < 4.78 is 5.48. The molecule has 4 N–H and O–H groups in total. The first-order valence-electron chi connectivity index (χ1n) is 15.9. The Morgan fingerprint density at radius 2 is 1.80 bits per heavy atom. The van der Waals surface area contributed by atoms with Crippen molar-refractivity contribution in [2.75, 3.05) is 55.2 Å². The summed E-state index contributed by atoms with van der Waals surface area (Å²) in [5, 5.41) is 13.3. The number of benzene rings is 2. The zero-order valence-electron chi connectivity index (χ0n) is 28.1. The van der Waals surface area contributed by atoms with Gasteiger partial charge in [-0.15, -0.1) is 6.58 Å². The molecule has 0 aromatic heterocycles. The molecule has 11 heteroatoms. The number of nitrogens with one attached hydrogen (secondary N) is 4. The maximum Gasteiger partial charge on any atom is 0.410 e. The molecular weight excluding hydrogens is 602 g/mol. The molecule has 10 nitrogen and oxygen atoms in total. The molecule has 2 aliphatic rings. The molecule has 2 aromatic rings. The average molecular weight is 652 g/mol. The molecule has 1 saturated heterocycles. The van der Waals surface area contributed by atoms with Crippen molar-refractivity contribution in [2.45, 2.75) is 66.2 Å². The van der Waals surface area contributed by atoms with Crippen LogP contribution in [0.3, 0.4) is 0 Å². The number of hydrogen-bond donors (Lipinski definition) is 4. The summed E-state index contributed by atoms with van der Waals surface area (Å²) in [5.41, 5.74) is 4.26. The summed E-state index contributed by atoms with van der Waals surface area (Å²) in [7, 11) is 0. The van der Waals surface area contributed by atoms with Crippen molar-refractivity contribution in [2.24, 2.45) is 4.99 Å². The van der Waals surface area contributed by atoms with Crippen LogP contribution in [-0.4, -0.2) is 78.8 Å². The molecule has 2 heterocycles. The fourth-order valence-corrected chi connectivity index (χ4v) is 5.06. The van der Waals surface area contributed by atoms with E-state index in [1.54, 1.807) is 17.1 Å². The van der Waals surface area contributed by atoms with Crippen molar-refractivity contribution in [1.29, 1.82) is 0 Å². The lowest BCUT2D eigenvalue weighted by Crippen LogP contribution is -2.51. The normalized spacial score (nSPS) is 18.3. The predicted octanol–water partition coefficient (Wildman–Crippen LogP) is 7.06. The van der Waals surface area contributed by atoms with Gasteiger partial charge in [0.15, 0.2) is 0 Å². The fraction of sp³-hybridized carbons (Fsp3) is 0.457. The molecule has 4 bridgehead atoms. The first-order valence-corrected chi connectivity index (χ1v) is 16.3. The van der Waals surface area contributed by atoms with E-state index >= 15 is 0 Å². The van der Waals surface area contributed by atoms with E-state index in [4.69, 9.17) is 21.3 Å². The number of allylic oxidation sites excluding steroid dienone is 2. The van der Waals surface area contributed by atoms with Gasteiger partial charge in [0.05, 0.1) is 5.03 Å². The van der Waals surface area contributed by atoms with Gasteiger partial charge in [-0.2, -0.15) is 0 Å². The zero-order chi connectivity index (χ0) is 33.7. The van der Waals surface area contributed by atoms with E-state index in [0.29, 0.717) is 37.0 Å². The number of halogens is 1. The maximum absolute atomic E-state index is 12.9. The first-order chi connectivity index (χ1) is 21.9. The van der Waals surface area contributed by atoms with Crippen molar-refractivity contribution < 1.29 is 14.3 Å². The van der Waals surface area contributed by atoms with E-state index in [2.05, 4.69) is 44.9 Å². The Bertz CT molecular complexity index is 1390. The van der Waals surface area contributed by atoms with Crippen LogP contribution in [-0.2, 0) is 17.6 Å². The van der Waals surface area contributed by atoms with Gasteiger partial charge in [0.25, 0.3) is 0 Å². The Balaban J connectivity index is 0.00000185. The average Bonchev–Trinajstić information content (AvgIpc) is 3.00. The topological polar surface area (TPSA) is 110 Å². The van der Waals surface area contributed by atoms with Gasteiger partial charge in [0, 0.05) is 56.3 Å². The van der Waals surface area contributed by atoms with Crippen molar-refractivity contribution in [3.8, 4) is 0 Å². The smallest absolute Gasteiger partial charge is 0.410 e. The van der Waals surface area contributed by atoms with Crippen LogP contribution in [0, 0.1) is 0 Å². The van der Waals surface area contributed by atoms with Gasteiger partial charge < -0.3 is 30.9 Å². The van der Waals surface area contributed by atoms with E-state index in [0.717, 1.165) is 48.6 Å². The zero-order valence-corrected chi connectivity index (χ0v) is 28.8. The molecular formula is C35H50ClN7O3. The minimum Gasteiger partial charge on any atom is -0.444 e. The Morgan fingerprint density at radius 3 is 2.48 bits per heavy atom. The Kier molecular flexibility index (Phi) is 14.0. The molecule has 2 aromatic carbocycles. The number of hydrogen-bond acceptors (Lipinski definition) is 7. The van der Waals surface area contributed by atoms with Crippen molar-refractivity contribution >= 4 is 46.6 Å². The second kappa shape index (κ2) is 17.6. The molecule has 250 valence electrons. The van der Waals surface area contributed by atoms with Gasteiger partial charge in [-0.3, -0.25) is 4.90 Å². The Labute approximate surface area is 279 Å². The fourth-order valence-electron chi connectivity index (χ4n) is 4.96. The van der Waals surface area contributed by atoms with E-state index < -0.39 is 5.60 Å². The largest absolute Gasteiger partial charge is 0.444 e. The van der Waals surface area contributed by atoms with Crippen LogP contribution in [0.15, 0.2) is 71.2 Å². The molecule has 0 aliphatic carbocycles. The molecule has 0 radical (unpaired) electrons. The third kappa shape index (κ3) is 12.1. The Morgan fingerprint density at radius 1 is 1.09 bits per heavy atom. The van der Waals surface area contributed by atoms with Gasteiger partial charge in [-0.05, 0) is 95.8 Å². The number of carbonyl (C=O) groups excluding carboxylic acids is 2. The monoisotopic (exact) mass is 651 g/mol. The number of ether oxygens (including phenoxy) is 1. The van der Waals surface area contributed by atoms with Gasteiger partial charge in [0.1, 0.15) is 17.6 Å². The number of urea groups is 1. The highest BCUT2D eigenvalue weighted by molar-refractivity contribution is 6.45. The van der Waals surface area contributed by atoms with Crippen LogP contribution in [0.1, 0.15) is 52.7 Å². The summed E-state index contributed by atoms with van der Waals surface area (Å²) in [5.74, 6) is 0.566. The minimum absolute atomic E-state index is 0.204. The number of rotatable bonds is 5. The van der Waals surface area contributed by atoms with Gasteiger partial charge in [0.2, 0.25) is 0 Å². The van der Waals surface area contributed by atoms with Crippen LogP contribution in [0.4, 0.5) is 26.7 Å². The van der Waals surface area contributed by atoms with Crippen LogP contribution < -0.4 is 21.3 Å². The lowest BCUT2D eigenvalue weighted by molar-refractivity contribution is 0.0147. The van der Waals surface area contributed by atoms with Gasteiger partial charge in [-0.1, -0.05) is 35.9 Å². The maximum atomic E-state index is 12.9. The lowest BCUT2D eigenvalue weighted by Gasteiger charge is -2.35. The van der Waals surface area contributed by atoms with Crippen LogP contribution in [0.2, 0.25) is 0 Å². The van der Waals surface area contributed by atoms with Crippen LogP contribution >= 0.6 is 11.6 Å². The number of carbonyl (C=O) groups is 2. The van der Waals surface area contributed by atoms with Crippen LogP contribution in [0.25, 0.3) is 0 Å². The highest BCUT2D eigenvalue weighted by Crippen LogP contribution is 2.25. The highest BCUT2D eigenvalue weighted by Gasteiger charge is 2.25. The number of amidine groups is 1. The highest BCUT2D eigenvalue weighted by atomic mass is 35.5. The number of nitrogens with zero attached hydrogens (tertiary/aromatic N) is 3. The summed E-state index contributed by atoms with van der Waals surface area (Å²) in [4.78, 5) is 34.0. The molecule has 0 spiro atoms. The van der Waals surface area contributed by atoms with Crippen molar-refractivity contribution in [1.82, 2.24) is 15.1 Å². The number of aryl methyl sites for hydroxylation is 2. The quantitative estimate of drug-likeness (QED) is 0.258. The third-order valence-corrected chi connectivity index (χ3v) is 7.54. The summed E-state index contributed by atoms with van der Waals surface area (Å²) in [6.45, 7) is 18.6. The SMILES string of the molecule is C/C=C(Cl)\C1=N/C(C)Nc2cccc(c2)CCc2cc(ccc2NC(=O)NCCN2CCN(C(=O)OC(C)(C)C)CC2)N1.C=CC. The second-order valence-corrected chi connectivity index (χ2v) is 12.6. The van der Waals surface area contributed by atoms with E-state index in [-0.39, 0.29) is 18.3 Å². The molecule has 1 unspecified atom stereocenters. The van der Waals surface area contributed by atoms with Gasteiger partial charge >= 0.3 is 12.1 Å². The first kappa shape index (κ1) is 36.4. The van der Waals surface area contributed by atoms with Crippen molar-refractivity contribution in [3.63, 3.8) is 0 Å². The minimum atomic E-state index is -0.506. The molecule has 0 saturated carbocycles. The molecule has 3 amide bonds. The molecule has 4 rings (SSSR count). The number of aliphatic imine (C=N–C) groups is 1. The van der Waals surface area contributed by atoms with E-state index in [1.165, 1.54) is 5.56 Å². The second-order valence-electron chi connectivity index (χ2n) is 12.2. The predicted molar refractivity (Wildman–Crippen MR) is 191 cm³/mol. The molecule has 1 atom stereocenters. The third-order valence-electron chi connectivity index (χ3n) is 7.14.